The summed E-state index contributed by atoms with van der Waals surface area (Å²) in [4.78, 5) is 17.6. The van der Waals surface area contributed by atoms with E-state index in [1.165, 1.54) is 6.20 Å². The van der Waals surface area contributed by atoms with Crippen molar-refractivity contribution in [2.45, 2.75) is 20.0 Å². The van der Waals surface area contributed by atoms with Crippen LogP contribution in [-0.4, -0.2) is 22.4 Å². The first-order valence-corrected chi connectivity index (χ1v) is 5.46. The van der Waals surface area contributed by atoms with E-state index in [4.69, 9.17) is 4.74 Å². The zero-order chi connectivity index (χ0) is 12.3. The molecular weight excluding hydrogens is 216 g/mol. The highest BCUT2D eigenvalue weighted by Gasteiger charge is 2.03. The molecule has 0 saturated heterocycles. The van der Waals surface area contributed by atoms with Crippen molar-refractivity contribution in [1.82, 2.24) is 9.97 Å². The molecule has 0 aliphatic heterocycles. The van der Waals surface area contributed by atoms with Crippen molar-refractivity contribution >= 4 is 6.29 Å². The molecule has 88 valence electrons. The van der Waals surface area contributed by atoms with Crippen LogP contribution < -0.4 is 4.74 Å². The Morgan fingerprint density at radius 3 is 2.53 bits per heavy atom. The molecule has 1 heterocycles. The van der Waals surface area contributed by atoms with E-state index in [2.05, 4.69) is 9.97 Å². The zero-order valence-electron chi connectivity index (χ0n) is 9.81. The number of aromatic nitrogens is 2. The van der Waals surface area contributed by atoms with Crippen molar-refractivity contribution in [1.29, 1.82) is 0 Å². The number of aromatic amines is 1. The summed E-state index contributed by atoms with van der Waals surface area (Å²) in [5.41, 5.74) is 1.40. The summed E-state index contributed by atoms with van der Waals surface area (Å²) in [6.45, 7) is 3.97. The van der Waals surface area contributed by atoms with Gasteiger partial charge in [-0.25, -0.2) is 4.98 Å². The lowest BCUT2D eigenvalue weighted by Gasteiger charge is -2.09. The number of rotatable bonds is 4. The van der Waals surface area contributed by atoms with E-state index in [0.717, 1.165) is 17.6 Å². The second-order valence-electron chi connectivity index (χ2n) is 4.00. The Balaban J connectivity index is 2.19. The van der Waals surface area contributed by atoms with Crippen molar-refractivity contribution in [3.63, 3.8) is 0 Å². The predicted octanol–water partition coefficient (Wildman–Crippen LogP) is 2.68. The molecular formula is C13H14N2O2. The minimum Gasteiger partial charge on any atom is -0.491 e. The van der Waals surface area contributed by atoms with Crippen LogP contribution in [-0.2, 0) is 0 Å². The smallest absolute Gasteiger partial charge is 0.167 e. The van der Waals surface area contributed by atoms with Crippen molar-refractivity contribution in [2.75, 3.05) is 0 Å². The number of H-pyrrole nitrogens is 1. The summed E-state index contributed by atoms with van der Waals surface area (Å²) in [5, 5.41) is 0. The van der Waals surface area contributed by atoms with Crippen LogP contribution in [0.15, 0.2) is 30.5 Å². The Morgan fingerprint density at radius 1 is 1.29 bits per heavy atom. The van der Waals surface area contributed by atoms with Crippen molar-refractivity contribution in [2.24, 2.45) is 0 Å². The van der Waals surface area contributed by atoms with E-state index in [0.29, 0.717) is 11.5 Å². The van der Waals surface area contributed by atoms with Gasteiger partial charge in [-0.3, -0.25) is 4.79 Å². The van der Waals surface area contributed by atoms with E-state index < -0.39 is 0 Å². The molecule has 4 nitrogen and oxygen atoms in total. The molecule has 2 aromatic rings. The van der Waals surface area contributed by atoms with Crippen LogP contribution in [0.1, 0.15) is 24.3 Å². The fraction of sp³-hybridized carbons (Fsp3) is 0.231. The Bertz CT molecular complexity index is 500. The van der Waals surface area contributed by atoms with Crippen LogP contribution in [0.4, 0.5) is 0 Å². The second-order valence-corrected chi connectivity index (χ2v) is 4.00. The summed E-state index contributed by atoms with van der Waals surface area (Å²) in [6.07, 6.45) is 2.42. The van der Waals surface area contributed by atoms with Gasteiger partial charge in [-0.1, -0.05) is 0 Å². The largest absolute Gasteiger partial charge is 0.491 e. The van der Waals surface area contributed by atoms with Gasteiger partial charge in [0.15, 0.2) is 6.29 Å². The van der Waals surface area contributed by atoms with E-state index in [1.807, 2.05) is 38.1 Å². The average molecular weight is 230 g/mol. The Hall–Kier alpha value is -2.10. The van der Waals surface area contributed by atoms with E-state index >= 15 is 0 Å². The number of ether oxygens (including phenoxy) is 1. The maximum absolute atomic E-state index is 10.5. The van der Waals surface area contributed by atoms with Crippen LogP contribution in [0.3, 0.4) is 0 Å². The Kier molecular flexibility index (Phi) is 3.23. The highest BCUT2D eigenvalue weighted by molar-refractivity contribution is 5.73. The van der Waals surface area contributed by atoms with Gasteiger partial charge in [0.05, 0.1) is 18.0 Å². The number of carbonyl (C=O) groups excluding carboxylic acids is 1. The summed E-state index contributed by atoms with van der Waals surface area (Å²) >= 11 is 0. The summed E-state index contributed by atoms with van der Waals surface area (Å²) in [6, 6.07) is 7.59. The SMILES string of the molecule is CC(C)Oc1ccc(-c2ncc(C=O)[nH]2)cc1. The molecule has 1 aromatic carbocycles. The molecule has 0 unspecified atom stereocenters. The van der Waals surface area contributed by atoms with Crippen molar-refractivity contribution < 1.29 is 9.53 Å². The topological polar surface area (TPSA) is 55.0 Å². The monoisotopic (exact) mass is 230 g/mol. The number of benzene rings is 1. The third-order valence-electron chi connectivity index (χ3n) is 2.22. The summed E-state index contributed by atoms with van der Waals surface area (Å²) < 4.78 is 5.54. The number of hydrogen-bond donors (Lipinski definition) is 1. The van der Waals surface area contributed by atoms with Gasteiger partial charge < -0.3 is 9.72 Å². The first-order valence-electron chi connectivity index (χ1n) is 5.46. The molecule has 0 aliphatic carbocycles. The molecule has 1 N–H and O–H groups in total. The standard InChI is InChI=1S/C13H14N2O2/c1-9(2)17-12-5-3-10(4-6-12)13-14-7-11(8-16)15-13/h3-9H,1-2H3,(H,14,15). The molecule has 0 fully saturated rings. The first kappa shape index (κ1) is 11.4. The third-order valence-corrected chi connectivity index (χ3v) is 2.22. The van der Waals surface area contributed by atoms with Crippen LogP contribution in [0, 0.1) is 0 Å². The maximum atomic E-state index is 10.5. The number of nitrogens with zero attached hydrogens (tertiary/aromatic N) is 1. The third kappa shape index (κ3) is 2.72. The highest BCUT2D eigenvalue weighted by atomic mass is 16.5. The Labute approximate surface area is 99.7 Å². The minimum atomic E-state index is 0.158. The van der Waals surface area contributed by atoms with Gasteiger partial charge in [-0.05, 0) is 38.1 Å². The molecule has 4 heteroatoms. The minimum absolute atomic E-state index is 0.158. The predicted molar refractivity (Wildman–Crippen MR) is 65.2 cm³/mol. The normalized spacial score (nSPS) is 10.5. The fourth-order valence-corrected chi connectivity index (χ4v) is 1.51. The van der Waals surface area contributed by atoms with Crippen LogP contribution in [0.25, 0.3) is 11.4 Å². The number of nitrogens with one attached hydrogen (secondary N) is 1. The molecule has 17 heavy (non-hydrogen) atoms. The van der Waals surface area contributed by atoms with Gasteiger partial charge in [0.2, 0.25) is 0 Å². The molecule has 0 atom stereocenters. The van der Waals surface area contributed by atoms with Gasteiger partial charge in [0.25, 0.3) is 0 Å². The Morgan fingerprint density at radius 2 is 2.00 bits per heavy atom. The van der Waals surface area contributed by atoms with E-state index in [-0.39, 0.29) is 6.10 Å². The number of carbonyl (C=O) groups is 1. The summed E-state index contributed by atoms with van der Waals surface area (Å²) in [5.74, 6) is 1.51. The van der Waals surface area contributed by atoms with E-state index in [9.17, 15) is 4.79 Å². The molecule has 0 bridgehead atoms. The number of aldehydes is 1. The lowest BCUT2D eigenvalue weighted by Crippen LogP contribution is -2.05. The maximum Gasteiger partial charge on any atom is 0.167 e. The van der Waals surface area contributed by atoms with Gasteiger partial charge >= 0.3 is 0 Å². The van der Waals surface area contributed by atoms with Crippen LogP contribution >= 0.6 is 0 Å². The molecule has 0 aliphatic rings. The summed E-state index contributed by atoms with van der Waals surface area (Å²) in [7, 11) is 0. The van der Waals surface area contributed by atoms with Gasteiger partial charge in [0, 0.05) is 5.56 Å². The van der Waals surface area contributed by atoms with Gasteiger partial charge in [0.1, 0.15) is 11.6 Å². The molecule has 0 spiro atoms. The fourth-order valence-electron chi connectivity index (χ4n) is 1.51. The lowest BCUT2D eigenvalue weighted by molar-refractivity contribution is 0.111. The average Bonchev–Trinajstić information content (AvgIpc) is 2.78. The quantitative estimate of drug-likeness (QED) is 0.821. The zero-order valence-corrected chi connectivity index (χ0v) is 9.81. The molecule has 0 amide bonds. The molecule has 2 rings (SSSR count). The van der Waals surface area contributed by atoms with Crippen molar-refractivity contribution in [3.8, 4) is 17.1 Å². The molecule has 1 aromatic heterocycles. The van der Waals surface area contributed by atoms with Gasteiger partial charge in [-0.2, -0.15) is 0 Å². The lowest BCUT2D eigenvalue weighted by atomic mass is 10.2. The van der Waals surface area contributed by atoms with Crippen LogP contribution in [0.5, 0.6) is 5.75 Å². The number of imidazole rings is 1. The van der Waals surface area contributed by atoms with Crippen LogP contribution in [0.2, 0.25) is 0 Å². The van der Waals surface area contributed by atoms with E-state index in [1.54, 1.807) is 0 Å². The van der Waals surface area contributed by atoms with Gasteiger partial charge in [-0.15, -0.1) is 0 Å². The van der Waals surface area contributed by atoms with Crippen molar-refractivity contribution in [3.05, 3.63) is 36.2 Å². The number of hydrogen-bond acceptors (Lipinski definition) is 3. The first-order chi connectivity index (χ1) is 8.19. The molecule has 0 radical (unpaired) electrons. The second kappa shape index (κ2) is 4.82. The molecule has 0 saturated carbocycles. The highest BCUT2D eigenvalue weighted by Crippen LogP contribution is 2.20.